The molecule has 1 N–H and O–H groups in total. The zero-order valence-electron chi connectivity index (χ0n) is 30.6. The number of aryl methyl sites for hydroxylation is 1. The molecule has 4 aromatic rings. The smallest absolute Gasteiger partial charge is 0.422 e. The highest BCUT2D eigenvalue weighted by Crippen LogP contribution is 2.53. The maximum atomic E-state index is 14.1. The van der Waals surface area contributed by atoms with Crippen LogP contribution in [0.2, 0.25) is 0 Å². The van der Waals surface area contributed by atoms with Crippen molar-refractivity contribution in [3.8, 4) is 16.9 Å². The van der Waals surface area contributed by atoms with E-state index in [1.165, 1.54) is 6.08 Å². The number of likely N-dealkylation sites (tertiary alicyclic amines) is 2. The quantitative estimate of drug-likeness (QED) is 0.153. The second-order valence-electron chi connectivity index (χ2n) is 16.2. The standard InChI is InChI=1S/C40H46F4N8O2/c1-3-32(53)52-21-39(22-52)11-16-50(17-12-39)37-29-18-28(25-5-6-25)34(33-24(2)4-7-31-30(33)19-45-48-31)36(54-23-40(42,43)44)35(29)46-38(47-37)51-15-10-27(20-51)49-13-8-26(41)9-14-49/h3-4,7,18-19,25-27H,1,5-6,8-17,20-23H2,2H3,(H,45,48)/t27-/m0/s1. The van der Waals surface area contributed by atoms with Gasteiger partial charge in [0, 0.05) is 80.2 Å². The molecule has 5 aliphatic rings. The van der Waals surface area contributed by atoms with E-state index < -0.39 is 19.0 Å². The molecular weight excluding hydrogens is 700 g/mol. The lowest BCUT2D eigenvalue weighted by Crippen LogP contribution is -2.61. The van der Waals surface area contributed by atoms with Crippen LogP contribution in [0.3, 0.4) is 0 Å². The molecule has 4 saturated heterocycles. The van der Waals surface area contributed by atoms with E-state index >= 15 is 0 Å². The van der Waals surface area contributed by atoms with Gasteiger partial charge in [-0.2, -0.15) is 23.3 Å². The van der Waals surface area contributed by atoms with Crippen LogP contribution in [0.25, 0.3) is 32.9 Å². The van der Waals surface area contributed by atoms with Crippen LogP contribution < -0.4 is 14.5 Å². The molecule has 0 bridgehead atoms. The number of halogens is 4. The number of carbonyl (C=O) groups excluding carboxylic acids is 1. The predicted molar refractivity (Wildman–Crippen MR) is 200 cm³/mol. The normalized spacial score (nSPS) is 22.4. The molecule has 1 saturated carbocycles. The summed E-state index contributed by atoms with van der Waals surface area (Å²) >= 11 is 0. The van der Waals surface area contributed by atoms with Crippen molar-refractivity contribution in [3.05, 3.63) is 48.2 Å². The number of nitrogens with one attached hydrogen (secondary N) is 1. The lowest BCUT2D eigenvalue weighted by Gasteiger charge is -2.54. The molecular formula is C40H46F4N8O2. The van der Waals surface area contributed by atoms with E-state index in [-0.39, 0.29) is 29.0 Å². The average Bonchev–Trinajstić information content (AvgIpc) is 3.67. The molecule has 1 amide bonds. The summed E-state index contributed by atoms with van der Waals surface area (Å²) in [6.45, 7) is 9.66. The molecule has 10 nitrogen and oxygen atoms in total. The summed E-state index contributed by atoms with van der Waals surface area (Å²) in [6, 6.07) is 6.23. The number of hydrogen-bond acceptors (Lipinski definition) is 8. The third kappa shape index (κ3) is 6.43. The molecule has 0 radical (unpaired) electrons. The Morgan fingerprint density at radius 2 is 1.76 bits per heavy atom. The van der Waals surface area contributed by atoms with Crippen LogP contribution >= 0.6 is 0 Å². The first-order valence-electron chi connectivity index (χ1n) is 19.3. The van der Waals surface area contributed by atoms with Gasteiger partial charge in [0.05, 0.1) is 11.7 Å². The molecule has 14 heteroatoms. The molecule has 2 aromatic carbocycles. The molecule has 1 atom stereocenters. The molecule has 6 heterocycles. The van der Waals surface area contributed by atoms with Crippen molar-refractivity contribution in [2.45, 2.75) is 76.2 Å². The minimum Gasteiger partial charge on any atom is -0.481 e. The second-order valence-corrected chi connectivity index (χ2v) is 16.2. The molecule has 4 aliphatic heterocycles. The molecule has 2 aromatic heterocycles. The summed E-state index contributed by atoms with van der Waals surface area (Å²) in [5.74, 6) is 1.40. The van der Waals surface area contributed by atoms with E-state index in [2.05, 4.69) is 37.5 Å². The van der Waals surface area contributed by atoms with E-state index in [0.717, 1.165) is 59.7 Å². The maximum absolute atomic E-state index is 14.1. The van der Waals surface area contributed by atoms with Gasteiger partial charge in [-0.15, -0.1) is 0 Å². The minimum absolute atomic E-state index is 0.0319. The van der Waals surface area contributed by atoms with Crippen molar-refractivity contribution in [3.63, 3.8) is 0 Å². The fourth-order valence-corrected chi connectivity index (χ4v) is 9.35. The van der Waals surface area contributed by atoms with Gasteiger partial charge in [0.25, 0.3) is 0 Å². The van der Waals surface area contributed by atoms with Crippen molar-refractivity contribution in [1.82, 2.24) is 30.0 Å². The van der Waals surface area contributed by atoms with Crippen LogP contribution in [0.1, 0.15) is 62.0 Å². The van der Waals surface area contributed by atoms with Gasteiger partial charge < -0.3 is 19.4 Å². The fraction of sp³-hybridized carbons (Fsp3) is 0.550. The fourth-order valence-electron chi connectivity index (χ4n) is 9.35. The SMILES string of the molecule is C=CC(=O)N1CC2(CCN(c3nc(N4CC[C@H](N5CCC(F)CC5)C4)nc4c(OCC(F)(F)F)c(-c5c(C)ccc6[nH]ncc56)c(C5CC5)cc34)CC2)C1. The third-order valence-corrected chi connectivity index (χ3v) is 12.5. The number of piperidine rings is 2. The highest BCUT2D eigenvalue weighted by Gasteiger charge is 2.47. The number of aromatic amines is 1. The number of ether oxygens (including phenoxy) is 1. The van der Waals surface area contributed by atoms with E-state index in [1.54, 1.807) is 6.20 Å². The molecule has 9 rings (SSSR count). The summed E-state index contributed by atoms with van der Waals surface area (Å²) in [4.78, 5) is 31.3. The van der Waals surface area contributed by atoms with Gasteiger partial charge in [0.2, 0.25) is 11.9 Å². The number of rotatable bonds is 8. The number of amides is 1. The first-order chi connectivity index (χ1) is 26.0. The van der Waals surface area contributed by atoms with Crippen molar-refractivity contribution in [1.29, 1.82) is 0 Å². The van der Waals surface area contributed by atoms with E-state index in [1.807, 2.05) is 24.0 Å². The Bertz CT molecular complexity index is 2090. The Hall–Kier alpha value is -4.46. The highest BCUT2D eigenvalue weighted by molar-refractivity contribution is 6.06. The minimum atomic E-state index is -4.57. The summed E-state index contributed by atoms with van der Waals surface area (Å²) < 4.78 is 62.4. The number of alkyl halides is 4. The van der Waals surface area contributed by atoms with Crippen LogP contribution in [0.15, 0.2) is 37.1 Å². The number of hydrogen-bond donors (Lipinski definition) is 1. The van der Waals surface area contributed by atoms with Crippen LogP contribution in [0.4, 0.5) is 29.3 Å². The molecule has 54 heavy (non-hydrogen) atoms. The lowest BCUT2D eigenvalue weighted by molar-refractivity contribution is -0.153. The Kier molecular flexibility index (Phi) is 8.74. The highest BCUT2D eigenvalue weighted by atomic mass is 19.4. The van der Waals surface area contributed by atoms with Crippen LogP contribution in [-0.4, -0.2) is 113 Å². The molecule has 1 aliphatic carbocycles. The van der Waals surface area contributed by atoms with Gasteiger partial charge in [-0.1, -0.05) is 12.6 Å². The van der Waals surface area contributed by atoms with Crippen molar-refractivity contribution in [2.24, 2.45) is 5.41 Å². The number of H-pyrrole nitrogens is 1. The summed E-state index contributed by atoms with van der Waals surface area (Å²) in [5, 5.41) is 8.83. The Morgan fingerprint density at radius 3 is 2.46 bits per heavy atom. The predicted octanol–water partition coefficient (Wildman–Crippen LogP) is 6.93. The van der Waals surface area contributed by atoms with Gasteiger partial charge in [-0.05, 0) is 92.7 Å². The number of benzene rings is 2. The summed E-state index contributed by atoms with van der Waals surface area (Å²) in [7, 11) is 0. The van der Waals surface area contributed by atoms with Crippen molar-refractivity contribution >= 4 is 39.5 Å². The summed E-state index contributed by atoms with van der Waals surface area (Å²) in [5.41, 5.74) is 4.47. The number of nitrogens with zero attached hydrogens (tertiary/aromatic N) is 7. The van der Waals surface area contributed by atoms with Crippen molar-refractivity contribution < 1.29 is 27.1 Å². The van der Waals surface area contributed by atoms with E-state index in [4.69, 9.17) is 14.7 Å². The zero-order valence-corrected chi connectivity index (χ0v) is 30.6. The maximum Gasteiger partial charge on any atom is 0.422 e. The van der Waals surface area contributed by atoms with Gasteiger partial charge in [-0.25, -0.2) is 9.37 Å². The summed E-state index contributed by atoms with van der Waals surface area (Å²) in [6.07, 6.45) is 3.24. The first-order valence-corrected chi connectivity index (χ1v) is 19.3. The second kappa shape index (κ2) is 13.4. The number of aromatic nitrogens is 4. The van der Waals surface area contributed by atoms with Crippen molar-refractivity contribution in [2.75, 3.05) is 68.8 Å². The van der Waals surface area contributed by atoms with Gasteiger partial charge >= 0.3 is 6.18 Å². The Labute approximate surface area is 311 Å². The van der Waals surface area contributed by atoms with E-state index in [9.17, 15) is 22.4 Å². The molecule has 0 unspecified atom stereocenters. The molecule has 5 fully saturated rings. The van der Waals surface area contributed by atoms with Crippen LogP contribution in [0, 0.1) is 12.3 Å². The zero-order chi connectivity index (χ0) is 37.4. The number of fused-ring (bicyclic) bond motifs is 2. The molecule has 286 valence electrons. The first kappa shape index (κ1) is 35.3. The Balaban J connectivity index is 1.18. The number of anilines is 2. The monoisotopic (exact) mass is 746 g/mol. The van der Waals surface area contributed by atoms with Crippen LogP contribution in [-0.2, 0) is 4.79 Å². The van der Waals surface area contributed by atoms with Gasteiger partial charge in [0.15, 0.2) is 12.4 Å². The Morgan fingerprint density at radius 1 is 1.00 bits per heavy atom. The largest absolute Gasteiger partial charge is 0.481 e. The van der Waals surface area contributed by atoms with Gasteiger partial charge in [0.1, 0.15) is 17.5 Å². The third-order valence-electron chi connectivity index (χ3n) is 12.5. The van der Waals surface area contributed by atoms with Gasteiger partial charge in [-0.3, -0.25) is 14.8 Å². The lowest BCUT2D eigenvalue weighted by atomic mass is 9.72. The number of carbonyl (C=O) groups is 1. The average molecular weight is 747 g/mol. The van der Waals surface area contributed by atoms with Crippen LogP contribution in [0.5, 0.6) is 5.75 Å². The van der Waals surface area contributed by atoms with E-state index in [0.29, 0.717) is 93.4 Å². The molecule has 1 spiro atoms. The topological polar surface area (TPSA) is 93.7 Å².